The average molecular weight is 247 g/mol. The second-order valence-corrected chi connectivity index (χ2v) is 6.56. The summed E-state index contributed by atoms with van der Waals surface area (Å²) in [6.45, 7) is 10.2. The summed E-state index contributed by atoms with van der Waals surface area (Å²) in [6, 6.07) is 0.360. The van der Waals surface area contributed by atoms with Crippen LogP contribution in [0.4, 0.5) is 0 Å². The van der Waals surface area contributed by atoms with Crippen LogP contribution in [0.25, 0.3) is 0 Å². The first-order valence-electron chi connectivity index (χ1n) is 6.28. The summed E-state index contributed by atoms with van der Waals surface area (Å²) in [5.74, 6) is 1.28. The maximum absolute atomic E-state index is 12.2. The molecule has 0 aliphatic carbocycles. The summed E-state index contributed by atoms with van der Waals surface area (Å²) >= 11 is 0. The van der Waals surface area contributed by atoms with E-state index in [1.54, 1.807) is 0 Å². The third kappa shape index (κ3) is 3.82. The molecule has 0 spiro atoms. The molecule has 0 saturated carbocycles. The fourth-order valence-electron chi connectivity index (χ4n) is 2.11. The van der Waals surface area contributed by atoms with Gasteiger partial charge in [0.1, 0.15) is 0 Å². The van der Waals surface area contributed by atoms with E-state index in [0.29, 0.717) is 12.0 Å². The average Bonchev–Trinajstić information content (AvgIpc) is 2.63. The van der Waals surface area contributed by atoms with E-state index in [9.17, 15) is 4.21 Å². The standard InChI is InChI=1S/C12H25NO2S/c1-5-13-11(9(2)3)8-16(14)12-6-7-15-10(12)4/h9-13H,5-8H2,1-4H3. The van der Waals surface area contributed by atoms with Gasteiger partial charge < -0.3 is 10.1 Å². The first-order valence-corrected chi connectivity index (χ1v) is 7.66. The van der Waals surface area contributed by atoms with E-state index in [0.717, 1.165) is 25.3 Å². The predicted octanol–water partition coefficient (Wildman–Crippen LogP) is 1.55. The number of rotatable bonds is 6. The molecule has 4 atom stereocenters. The topological polar surface area (TPSA) is 38.3 Å². The lowest BCUT2D eigenvalue weighted by molar-refractivity contribution is 0.127. The third-order valence-corrected chi connectivity index (χ3v) is 5.24. The Morgan fingerprint density at radius 3 is 2.62 bits per heavy atom. The Morgan fingerprint density at radius 1 is 1.50 bits per heavy atom. The van der Waals surface area contributed by atoms with Gasteiger partial charge in [-0.2, -0.15) is 0 Å². The van der Waals surface area contributed by atoms with Gasteiger partial charge in [0.2, 0.25) is 0 Å². The predicted molar refractivity (Wildman–Crippen MR) is 69.1 cm³/mol. The molecule has 1 saturated heterocycles. The second kappa shape index (κ2) is 6.72. The van der Waals surface area contributed by atoms with Crippen LogP contribution in [0.5, 0.6) is 0 Å². The Labute approximate surface area is 102 Å². The molecule has 3 nitrogen and oxygen atoms in total. The Balaban J connectivity index is 2.47. The summed E-state index contributed by atoms with van der Waals surface area (Å²) in [7, 11) is -0.765. The maximum atomic E-state index is 12.2. The molecular weight excluding hydrogens is 222 g/mol. The Hall–Kier alpha value is 0.0700. The summed E-state index contributed by atoms with van der Waals surface area (Å²) in [5, 5.41) is 3.65. The molecule has 4 heteroatoms. The highest BCUT2D eigenvalue weighted by Crippen LogP contribution is 2.20. The molecule has 16 heavy (non-hydrogen) atoms. The monoisotopic (exact) mass is 247 g/mol. The SMILES string of the molecule is CCNC(CS(=O)C1CCOC1C)C(C)C. The van der Waals surface area contributed by atoms with E-state index in [-0.39, 0.29) is 11.4 Å². The first-order chi connectivity index (χ1) is 7.56. The van der Waals surface area contributed by atoms with E-state index in [1.807, 2.05) is 6.92 Å². The molecule has 1 rings (SSSR count). The highest BCUT2D eigenvalue weighted by molar-refractivity contribution is 7.85. The van der Waals surface area contributed by atoms with Crippen molar-refractivity contribution >= 4 is 10.8 Å². The van der Waals surface area contributed by atoms with Crippen molar-refractivity contribution in [2.75, 3.05) is 18.9 Å². The molecule has 1 heterocycles. The van der Waals surface area contributed by atoms with Crippen LogP contribution in [-0.2, 0) is 15.5 Å². The number of hydrogen-bond donors (Lipinski definition) is 1. The van der Waals surface area contributed by atoms with Crippen LogP contribution in [0, 0.1) is 5.92 Å². The fourth-order valence-corrected chi connectivity index (χ4v) is 4.08. The molecule has 1 fully saturated rings. The lowest BCUT2D eigenvalue weighted by Gasteiger charge is -2.23. The van der Waals surface area contributed by atoms with Crippen molar-refractivity contribution < 1.29 is 8.95 Å². The van der Waals surface area contributed by atoms with Crippen molar-refractivity contribution in [3.63, 3.8) is 0 Å². The smallest absolute Gasteiger partial charge is 0.0691 e. The summed E-state index contributed by atoms with van der Waals surface area (Å²) < 4.78 is 17.7. The first kappa shape index (κ1) is 14.1. The van der Waals surface area contributed by atoms with Gasteiger partial charge in [0.25, 0.3) is 0 Å². The zero-order valence-electron chi connectivity index (χ0n) is 10.9. The summed E-state index contributed by atoms with van der Waals surface area (Å²) in [4.78, 5) is 0. The molecule has 0 aromatic rings. The van der Waals surface area contributed by atoms with Crippen molar-refractivity contribution in [2.45, 2.75) is 51.5 Å². The molecule has 1 aliphatic heterocycles. The highest BCUT2D eigenvalue weighted by atomic mass is 32.2. The number of hydrogen-bond acceptors (Lipinski definition) is 3. The normalized spacial score (nSPS) is 29.6. The molecule has 0 bridgehead atoms. The lowest BCUT2D eigenvalue weighted by Crippen LogP contribution is -2.41. The molecule has 0 amide bonds. The molecule has 4 unspecified atom stereocenters. The largest absolute Gasteiger partial charge is 0.377 e. The van der Waals surface area contributed by atoms with Crippen LogP contribution in [0.15, 0.2) is 0 Å². The molecule has 0 radical (unpaired) electrons. The summed E-state index contributed by atoms with van der Waals surface area (Å²) in [6.07, 6.45) is 1.11. The fraction of sp³-hybridized carbons (Fsp3) is 1.00. The third-order valence-electron chi connectivity index (χ3n) is 3.26. The lowest BCUT2D eigenvalue weighted by atomic mass is 10.1. The quantitative estimate of drug-likeness (QED) is 0.774. The minimum atomic E-state index is -0.765. The van der Waals surface area contributed by atoms with Gasteiger partial charge in [0.15, 0.2) is 0 Å². The van der Waals surface area contributed by atoms with Gasteiger partial charge in [-0.25, -0.2) is 0 Å². The van der Waals surface area contributed by atoms with Crippen LogP contribution in [0.3, 0.4) is 0 Å². The van der Waals surface area contributed by atoms with E-state index in [4.69, 9.17) is 4.74 Å². The minimum Gasteiger partial charge on any atom is -0.377 e. The van der Waals surface area contributed by atoms with Gasteiger partial charge in [0.05, 0.1) is 11.4 Å². The zero-order chi connectivity index (χ0) is 12.1. The summed E-state index contributed by atoms with van der Waals surface area (Å²) in [5.41, 5.74) is 0. The Morgan fingerprint density at radius 2 is 2.19 bits per heavy atom. The molecule has 0 aromatic carbocycles. The molecule has 0 aromatic heterocycles. The molecule has 1 N–H and O–H groups in total. The van der Waals surface area contributed by atoms with Gasteiger partial charge in [0, 0.05) is 29.2 Å². The van der Waals surface area contributed by atoms with Crippen LogP contribution < -0.4 is 5.32 Å². The van der Waals surface area contributed by atoms with Crippen molar-refractivity contribution in [1.29, 1.82) is 0 Å². The van der Waals surface area contributed by atoms with Crippen LogP contribution in [-0.4, -0.2) is 40.5 Å². The van der Waals surface area contributed by atoms with Crippen LogP contribution >= 0.6 is 0 Å². The van der Waals surface area contributed by atoms with Gasteiger partial charge in [-0.3, -0.25) is 4.21 Å². The number of ether oxygens (including phenoxy) is 1. The van der Waals surface area contributed by atoms with E-state index in [1.165, 1.54) is 0 Å². The van der Waals surface area contributed by atoms with Crippen molar-refractivity contribution in [3.05, 3.63) is 0 Å². The van der Waals surface area contributed by atoms with E-state index < -0.39 is 10.8 Å². The zero-order valence-corrected chi connectivity index (χ0v) is 11.7. The van der Waals surface area contributed by atoms with E-state index >= 15 is 0 Å². The van der Waals surface area contributed by atoms with Crippen molar-refractivity contribution in [2.24, 2.45) is 5.92 Å². The highest BCUT2D eigenvalue weighted by Gasteiger charge is 2.31. The second-order valence-electron chi connectivity index (χ2n) is 4.86. The van der Waals surface area contributed by atoms with Crippen LogP contribution in [0.2, 0.25) is 0 Å². The molecular formula is C12H25NO2S. The molecule has 96 valence electrons. The van der Waals surface area contributed by atoms with Crippen molar-refractivity contribution in [1.82, 2.24) is 5.32 Å². The van der Waals surface area contributed by atoms with Gasteiger partial charge in [-0.05, 0) is 25.8 Å². The van der Waals surface area contributed by atoms with Crippen LogP contribution in [0.1, 0.15) is 34.1 Å². The van der Waals surface area contributed by atoms with Gasteiger partial charge in [-0.1, -0.05) is 20.8 Å². The van der Waals surface area contributed by atoms with E-state index in [2.05, 4.69) is 26.1 Å². The van der Waals surface area contributed by atoms with Gasteiger partial charge >= 0.3 is 0 Å². The Kier molecular flexibility index (Phi) is 5.94. The minimum absolute atomic E-state index is 0.162. The maximum Gasteiger partial charge on any atom is 0.0691 e. The molecule has 1 aliphatic rings. The Bertz CT molecular complexity index is 233. The number of nitrogens with one attached hydrogen (secondary N) is 1. The van der Waals surface area contributed by atoms with Crippen molar-refractivity contribution in [3.8, 4) is 0 Å². The van der Waals surface area contributed by atoms with Gasteiger partial charge in [-0.15, -0.1) is 0 Å².